The molecule has 0 bridgehead atoms. The normalized spacial score (nSPS) is 15.6. The fourth-order valence-electron chi connectivity index (χ4n) is 3.71. The first kappa shape index (κ1) is 19.2. The van der Waals surface area contributed by atoms with Crippen molar-refractivity contribution in [3.8, 4) is 11.5 Å². The summed E-state index contributed by atoms with van der Waals surface area (Å²) in [6.45, 7) is 1.33. The number of halogens is 1. The number of carbonyl (C=O) groups is 1. The number of nitrogens with zero attached hydrogens (tertiary/aromatic N) is 2. The number of methoxy groups -OCH3 is 2. The zero-order valence-electron chi connectivity index (χ0n) is 16.3. The lowest BCUT2D eigenvalue weighted by Crippen LogP contribution is -2.44. The number of amides is 2. The van der Waals surface area contributed by atoms with Crippen LogP contribution in [0.2, 0.25) is 5.02 Å². The highest BCUT2D eigenvalue weighted by Gasteiger charge is 2.32. The Morgan fingerprint density at radius 3 is 2.52 bits per heavy atom. The molecule has 1 aliphatic heterocycles. The molecule has 0 fully saturated rings. The van der Waals surface area contributed by atoms with Crippen molar-refractivity contribution >= 4 is 23.3 Å². The van der Waals surface area contributed by atoms with Gasteiger partial charge in [0.05, 0.1) is 20.3 Å². The van der Waals surface area contributed by atoms with E-state index in [9.17, 15) is 4.79 Å². The van der Waals surface area contributed by atoms with Crippen LogP contribution in [0.3, 0.4) is 0 Å². The molecule has 2 amide bonds. The van der Waals surface area contributed by atoms with Gasteiger partial charge in [0.25, 0.3) is 0 Å². The summed E-state index contributed by atoms with van der Waals surface area (Å²) in [4.78, 5) is 15.1. The van der Waals surface area contributed by atoms with Crippen molar-refractivity contribution in [1.29, 1.82) is 0 Å². The van der Waals surface area contributed by atoms with Gasteiger partial charge in [0.15, 0.2) is 11.5 Å². The molecular weight excluding hydrogens is 390 g/mol. The van der Waals surface area contributed by atoms with Gasteiger partial charge in [-0.3, -0.25) is 0 Å². The molecule has 0 unspecified atom stereocenters. The van der Waals surface area contributed by atoms with E-state index in [1.807, 2.05) is 41.4 Å². The maximum atomic E-state index is 13.2. The van der Waals surface area contributed by atoms with Crippen molar-refractivity contribution in [3.63, 3.8) is 0 Å². The number of rotatable bonds is 4. The van der Waals surface area contributed by atoms with Gasteiger partial charge in [0, 0.05) is 41.8 Å². The van der Waals surface area contributed by atoms with E-state index < -0.39 is 0 Å². The fourth-order valence-corrected chi connectivity index (χ4v) is 3.83. The van der Waals surface area contributed by atoms with Crippen LogP contribution in [0.4, 0.5) is 10.5 Å². The van der Waals surface area contributed by atoms with E-state index >= 15 is 0 Å². The van der Waals surface area contributed by atoms with Crippen LogP contribution in [0.15, 0.2) is 60.8 Å². The molecule has 3 aromatic rings. The minimum Gasteiger partial charge on any atom is -0.493 e. The third-order valence-electron chi connectivity index (χ3n) is 5.12. The molecule has 1 N–H and O–H groups in total. The smallest absolute Gasteiger partial charge is 0.322 e. The summed E-state index contributed by atoms with van der Waals surface area (Å²) in [5.41, 5.74) is 2.72. The summed E-state index contributed by atoms with van der Waals surface area (Å²) in [5.74, 6) is 1.17. The Bertz CT molecular complexity index is 1020. The number of fused-ring (bicyclic) bond motifs is 1. The summed E-state index contributed by atoms with van der Waals surface area (Å²) in [6.07, 6.45) is 2.04. The lowest BCUT2D eigenvalue weighted by molar-refractivity contribution is 0.182. The third-order valence-corrected chi connectivity index (χ3v) is 5.37. The van der Waals surface area contributed by atoms with E-state index in [-0.39, 0.29) is 12.1 Å². The summed E-state index contributed by atoms with van der Waals surface area (Å²) in [7, 11) is 3.15. The van der Waals surface area contributed by atoms with E-state index in [4.69, 9.17) is 21.1 Å². The highest BCUT2D eigenvalue weighted by atomic mass is 35.5. The Balaban J connectivity index is 1.64. The zero-order valence-corrected chi connectivity index (χ0v) is 17.0. The van der Waals surface area contributed by atoms with Gasteiger partial charge in [-0.15, -0.1) is 0 Å². The Kier molecular flexibility index (Phi) is 5.36. The lowest BCUT2D eigenvalue weighted by atomic mass is 10.0. The van der Waals surface area contributed by atoms with Gasteiger partial charge in [-0.1, -0.05) is 23.7 Å². The van der Waals surface area contributed by atoms with Crippen LogP contribution in [0.25, 0.3) is 0 Å². The van der Waals surface area contributed by atoms with E-state index in [0.717, 1.165) is 17.8 Å². The summed E-state index contributed by atoms with van der Waals surface area (Å²) < 4.78 is 12.8. The van der Waals surface area contributed by atoms with Crippen molar-refractivity contribution < 1.29 is 14.3 Å². The van der Waals surface area contributed by atoms with E-state index in [1.165, 1.54) is 0 Å². The molecular formula is C22H22ClN3O3. The monoisotopic (exact) mass is 411 g/mol. The highest BCUT2D eigenvalue weighted by molar-refractivity contribution is 6.30. The summed E-state index contributed by atoms with van der Waals surface area (Å²) >= 11 is 6.07. The van der Waals surface area contributed by atoms with Crippen molar-refractivity contribution in [1.82, 2.24) is 9.47 Å². The molecule has 6 nitrogen and oxygen atoms in total. The molecule has 1 atom stereocenters. The van der Waals surface area contributed by atoms with Gasteiger partial charge in [0.2, 0.25) is 0 Å². The fraction of sp³-hybridized carbons (Fsp3) is 0.227. The molecule has 0 spiro atoms. The number of urea groups is 1. The van der Waals surface area contributed by atoms with E-state index in [1.54, 1.807) is 32.4 Å². The van der Waals surface area contributed by atoms with Gasteiger partial charge in [-0.05, 0) is 42.0 Å². The van der Waals surface area contributed by atoms with Crippen LogP contribution in [0.5, 0.6) is 11.5 Å². The van der Waals surface area contributed by atoms with E-state index in [0.29, 0.717) is 28.8 Å². The summed E-state index contributed by atoms with van der Waals surface area (Å²) in [5, 5.41) is 3.66. The third kappa shape index (κ3) is 3.76. The van der Waals surface area contributed by atoms with Crippen molar-refractivity contribution in [2.75, 3.05) is 26.1 Å². The van der Waals surface area contributed by atoms with Crippen LogP contribution in [-0.4, -0.2) is 36.3 Å². The summed E-state index contributed by atoms with van der Waals surface area (Å²) in [6, 6.07) is 16.6. The first-order valence-corrected chi connectivity index (χ1v) is 9.68. The van der Waals surface area contributed by atoms with E-state index in [2.05, 4.69) is 16.0 Å². The Labute approximate surface area is 174 Å². The molecule has 150 valence electrons. The number of hydrogen-bond donors (Lipinski definition) is 1. The van der Waals surface area contributed by atoms with Gasteiger partial charge >= 0.3 is 6.03 Å². The highest BCUT2D eigenvalue weighted by Crippen LogP contribution is 2.34. The predicted molar refractivity (Wildman–Crippen MR) is 113 cm³/mol. The molecule has 7 heteroatoms. The number of benzene rings is 2. The number of carbonyl (C=O) groups excluding carboxylic acids is 1. The maximum Gasteiger partial charge on any atom is 0.322 e. The minimum atomic E-state index is -0.198. The Morgan fingerprint density at radius 2 is 1.79 bits per heavy atom. The van der Waals surface area contributed by atoms with Crippen LogP contribution in [0, 0.1) is 0 Å². The molecule has 2 aromatic carbocycles. The Hall–Kier alpha value is -3.12. The largest absolute Gasteiger partial charge is 0.493 e. The lowest BCUT2D eigenvalue weighted by Gasteiger charge is -2.37. The quantitative estimate of drug-likeness (QED) is 0.671. The van der Waals surface area contributed by atoms with Crippen molar-refractivity contribution in [2.24, 2.45) is 0 Å². The molecule has 1 aliphatic rings. The van der Waals surface area contributed by atoms with Gasteiger partial charge in [0.1, 0.15) is 0 Å². The number of nitrogens with one attached hydrogen (secondary N) is 1. The minimum absolute atomic E-state index is 0.176. The molecule has 0 saturated carbocycles. The second-order valence-electron chi connectivity index (χ2n) is 6.77. The molecule has 2 heterocycles. The van der Waals surface area contributed by atoms with Crippen LogP contribution in [0.1, 0.15) is 17.3 Å². The first-order chi connectivity index (χ1) is 14.1. The predicted octanol–water partition coefficient (Wildman–Crippen LogP) is 4.80. The van der Waals surface area contributed by atoms with Crippen LogP contribution in [-0.2, 0) is 6.54 Å². The van der Waals surface area contributed by atoms with Gasteiger partial charge in [-0.25, -0.2) is 4.79 Å². The molecule has 0 radical (unpaired) electrons. The average molecular weight is 412 g/mol. The van der Waals surface area contributed by atoms with Gasteiger partial charge in [-0.2, -0.15) is 0 Å². The maximum absolute atomic E-state index is 13.2. The zero-order chi connectivity index (χ0) is 20.4. The topological polar surface area (TPSA) is 55.7 Å². The molecule has 0 aliphatic carbocycles. The van der Waals surface area contributed by atoms with Crippen molar-refractivity contribution in [3.05, 3.63) is 77.1 Å². The number of ether oxygens (including phenoxy) is 2. The van der Waals surface area contributed by atoms with Crippen LogP contribution < -0.4 is 14.8 Å². The second kappa shape index (κ2) is 8.09. The molecule has 0 saturated heterocycles. The van der Waals surface area contributed by atoms with Crippen LogP contribution >= 0.6 is 11.6 Å². The molecule has 1 aromatic heterocycles. The SMILES string of the molecule is COc1ccc(NC(=O)N2CCn3cccc3[C@H]2c2ccc(Cl)cc2)cc1OC. The number of anilines is 1. The Morgan fingerprint density at radius 1 is 1.03 bits per heavy atom. The van der Waals surface area contributed by atoms with Gasteiger partial charge < -0.3 is 24.3 Å². The number of aromatic nitrogens is 1. The average Bonchev–Trinajstić information content (AvgIpc) is 3.22. The second-order valence-corrected chi connectivity index (χ2v) is 7.21. The first-order valence-electron chi connectivity index (χ1n) is 9.31. The standard InChI is InChI=1S/C22H22ClN3O3/c1-28-19-10-9-17(14-20(19)29-2)24-22(27)26-13-12-25-11-3-4-18(25)21(26)15-5-7-16(23)8-6-15/h3-11,14,21H,12-13H2,1-2H3,(H,24,27)/t21-/m1/s1. The molecule has 29 heavy (non-hydrogen) atoms. The number of hydrogen-bond acceptors (Lipinski definition) is 3. The van der Waals surface area contributed by atoms with Crippen molar-refractivity contribution in [2.45, 2.75) is 12.6 Å². The molecule has 4 rings (SSSR count).